The van der Waals surface area contributed by atoms with Gasteiger partial charge in [-0.1, -0.05) is 0 Å². The average molecular weight is 329 g/mol. The van der Waals surface area contributed by atoms with Crippen molar-refractivity contribution >= 4 is 15.7 Å². The third kappa shape index (κ3) is 4.13. The zero-order valence-corrected chi connectivity index (χ0v) is 14.6. The topological polar surface area (TPSA) is 81.7 Å². The summed E-state index contributed by atoms with van der Waals surface area (Å²) in [7, 11) is -0.335. The summed E-state index contributed by atoms with van der Waals surface area (Å²) in [6, 6.07) is 3.25. The Bertz CT molecular complexity index is 654. The maximum atomic E-state index is 12.0. The molecule has 0 spiro atoms. The predicted molar refractivity (Wildman–Crippen MR) is 85.1 cm³/mol. The molecule has 0 saturated carbocycles. The summed E-state index contributed by atoms with van der Waals surface area (Å²) in [6.45, 7) is 5.06. The molecule has 1 aromatic rings. The van der Waals surface area contributed by atoms with Crippen molar-refractivity contribution in [1.82, 2.24) is 5.32 Å². The van der Waals surface area contributed by atoms with Crippen molar-refractivity contribution < 1.29 is 22.7 Å². The number of carbonyl (C=O) groups excluding carboxylic acids is 1. The molecule has 7 heteroatoms. The monoisotopic (exact) mass is 329 g/mol. The minimum absolute atomic E-state index is 0.350. The van der Waals surface area contributed by atoms with E-state index in [1.54, 1.807) is 20.1 Å². The van der Waals surface area contributed by atoms with Crippen molar-refractivity contribution in [2.45, 2.75) is 32.1 Å². The molecule has 124 valence electrons. The van der Waals surface area contributed by atoms with Crippen molar-refractivity contribution in [3.05, 3.63) is 23.3 Å². The molecule has 0 bridgehead atoms. The molecular formula is C15H23NO5S. The standard InChI is InChI=1S/C15H23NO5S/c1-9-7-13(20-4)14(21-5)8-12(9)10(2)16-15(17)11(3)22(6,18)19/h7-8,10-11H,1-6H3,(H,16,17). The fraction of sp³-hybridized carbons (Fsp3) is 0.533. The number of methoxy groups -OCH3 is 2. The molecule has 6 nitrogen and oxygen atoms in total. The zero-order chi connectivity index (χ0) is 17.1. The molecule has 2 atom stereocenters. The molecule has 0 saturated heterocycles. The lowest BCUT2D eigenvalue weighted by Crippen LogP contribution is -2.38. The van der Waals surface area contributed by atoms with Gasteiger partial charge in [-0.05, 0) is 44.0 Å². The fourth-order valence-corrected chi connectivity index (χ4v) is 2.52. The molecule has 1 N–H and O–H groups in total. The lowest BCUT2D eigenvalue weighted by molar-refractivity contribution is -0.121. The Hall–Kier alpha value is -1.76. The molecule has 0 fully saturated rings. The van der Waals surface area contributed by atoms with Crippen LogP contribution in [0.1, 0.15) is 31.0 Å². The highest BCUT2D eigenvalue weighted by Crippen LogP contribution is 2.32. The molecular weight excluding hydrogens is 306 g/mol. The van der Waals surface area contributed by atoms with E-state index >= 15 is 0 Å². The van der Waals surface area contributed by atoms with Gasteiger partial charge in [-0.2, -0.15) is 0 Å². The minimum atomic E-state index is -3.42. The maximum absolute atomic E-state index is 12.0. The van der Waals surface area contributed by atoms with Gasteiger partial charge in [0.05, 0.1) is 20.3 Å². The number of aryl methyl sites for hydroxylation is 1. The van der Waals surface area contributed by atoms with Gasteiger partial charge in [0, 0.05) is 6.26 Å². The van der Waals surface area contributed by atoms with Gasteiger partial charge < -0.3 is 14.8 Å². The minimum Gasteiger partial charge on any atom is -0.493 e. The first-order chi connectivity index (χ1) is 10.1. The lowest BCUT2D eigenvalue weighted by Gasteiger charge is -2.20. The number of nitrogens with one attached hydrogen (secondary N) is 1. The van der Waals surface area contributed by atoms with Gasteiger partial charge in [0.15, 0.2) is 21.3 Å². The highest BCUT2D eigenvalue weighted by atomic mass is 32.2. The summed E-state index contributed by atoms with van der Waals surface area (Å²) in [5.41, 5.74) is 1.75. The molecule has 22 heavy (non-hydrogen) atoms. The van der Waals surface area contributed by atoms with E-state index in [4.69, 9.17) is 9.47 Å². The van der Waals surface area contributed by atoms with Crippen molar-refractivity contribution in [3.63, 3.8) is 0 Å². The molecule has 1 aromatic carbocycles. The number of hydrogen-bond donors (Lipinski definition) is 1. The van der Waals surface area contributed by atoms with E-state index in [0.29, 0.717) is 11.5 Å². The Labute approximate surface area is 131 Å². The Kier molecular flexibility index (Phi) is 5.82. The summed E-state index contributed by atoms with van der Waals surface area (Å²) in [5, 5.41) is 1.63. The molecule has 0 aromatic heterocycles. The second-order valence-electron chi connectivity index (χ2n) is 5.27. The number of ether oxygens (including phenoxy) is 2. The Morgan fingerprint density at radius 1 is 1.14 bits per heavy atom. The van der Waals surface area contributed by atoms with Crippen molar-refractivity contribution in [1.29, 1.82) is 0 Å². The molecule has 0 aliphatic heterocycles. The first kappa shape index (κ1) is 18.3. The van der Waals surface area contributed by atoms with Crippen LogP contribution in [0.4, 0.5) is 0 Å². The van der Waals surface area contributed by atoms with Crippen LogP contribution < -0.4 is 14.8 Å². The van der Waals surface area contributed by atoms with Crippen LogP contribution in [0.25, 0.3) is 0 Å². The van der Waals surface area contributed by atoms with E-state index in [1.807, 2.05) is 13.0 Å². The van der Waals surface area contributed by atoms with Crippen molar-refractivity contribution in [2.24, 2.45) is 0 Å². The summed E-state index contributed by atoms with van der Waals surface area (Å²) >= 11 is 0. The lowest BCUT2D eigenvalue weighted by atomic mass is 10.0. The summed E-state index contributed by atoms with van der Waals surface area (Å²) in [5.74, 6) is 0.635. The normalized spacial score (nSPS) is 14.1. The van der Waals surface area contributed by atoms with E-state index in [0.717, 1.165) is 17.4 Å². The molecule has 0 radical (unpaired) electrons. The van der Waals surface area contributed by atoms with Crippen LogP contribution in [0.2, 0.25) is 0 Å². The van der Waals surface area contributed by atoms with Crippen molar-refractivity contribution in [2.75, 3.05) is 20.5 Å². The zero-order valence-electron chi connectivity index (χ0n) is 13.8. The van der Waals surface area contributed by atoms with Gasteiger partial charge in [0.2, 0.25) is 5.91 Å². The van der Waals surface area contributed by atoms with Crippen molar-refractivity contribution in [3.8, 4) is 11.5 Å². The molecule has 1 amide bonds. The third-order valence-corrected chi connectivity index (χ3v) is 5.11. The molecule has 0 aliphatic rings. The maximum Gasteiger partial charge on any atom is 0.238 e. The number of sulfone groups is 1. The number of hydrogen-bond acceptors (Lipinski definition) is 5. The van der Waals surface area contributed by atoms with E-state index < -0.39 is 21.0 Å². The summed E-state index contributed by atoms with van der Waals surface area (Å²) < 4.78 is 33.4. The summed E-state index contributed by atoms with van der Waals surface area (Å²) in [4.78, 5) is 12.0. The molecule has 2 unspecified atom stereocenters. The average Bonchev–Trinajstić information content (AvgIpc) is 2.44. The van der Waals surface area contributed by atoms with Gasteiger partial charge in [-0.3, -0.25) is 4.79 Å². The van der Waals surface area contributed by atoms with Gasteiger partial charge in [-0.25, -0.2) is 8.42 Å². The largest absolute Gasteiger partial charge is 0.493 e. The highest BCUT2D eigenvalue weighted by molar-refractivity contribution is 7.92. The number of rotatable bonds is 6. The van der Waals surface area contributed by atoms with Gasteiger partial charge in [0.25, 0.3) is 0 Å². The Morgan fingerprint density at radius 2 is 1.64 bits per heavy atom. The molecule has 1 rings (SSSR count). The van der Waals surface area contributed by atoms with Crippen LogP contribution in [-0.4, -0.2) is 40.1 Å². The van der Waals surface area contributed by atoms with Crippen LogP contribution >= 0.6 is 0 Å². The second kappa shape index (κ2) is 7.00. The van der Waals surface area contributed by atoms with Gasteiger partial charge in [-0.15, -0.1) is 0 Å². The van der Waals surface area contributed by atoms with E-state index in [-0.39, 0.29) is 6.04 Å². The van der Waals surface area contributed by atoms with Crippen LogP contribution in [0.5, 0.6) is 11.5 Å². The second-order valence-corrected chi connectivity index (χ2v) is 7.63. The number of benzene rings is 1. The Balaban J connectivity index is 3.04. The first-order valence-electron chi connectivity index (χ1n) is 6.83. The van der Waals surface area contributed by atoms with E-state index in [2.05, 4.69) is 5.32 Å². The van der Waals surface area contributed by atoms with Crippen LogP contribution in [-0.2, 0) is 14.6 Å². The SMILES string of the molecule is COc1cc(C)c(C(C)NC(=O)C(C)S(C)(=O)=O)cc1OC. The first-order valence-corrected chi connectivity index (χ1v) is 8.79. The quantitative estimate of drug-likeness (QED) is 0.858. The van der Waals surface area contributed by atoms with Gasteiger partial charge in [0.1, 0.15) is 5.25 Å². The molecule has 0 heterocycles. The number of carbonyl (C=O) groups is 1. The smallest absolute Gasteiger partial charge is 0.238 e. The fourth-order valence-electron chi connectivity index (χ4n) is 2.07. The van der Waals surface area contributed by atoms with Crippen LogP contribution in [0, 0.1) is 6.92 Å². The Morgan fingerprint density at radius 3 is 2.09 bits per heavy atom. The van der Waals surface area contributed by atoms with E-state index in [9.17, 15) is 13.2 Å². The van der Waals surface area contributed by atoms with E-state index in [1.165, 1.54) is 14.0 Å². The summed E-state index contributed by atoms with van der Waals surface area (Å²) in [6.07, 6.45) is 1.05. The highest BCUT2D eigenvalue weighted by Gasteiger charge is 2.25. The molecule has 0 aliphatic carbocycles. The third-order valence-electron chi connectivity index (χ3n) is 3.61. The predicted octanol–water partition coefficient (Wildman–Crippen LogP) is 1.62. The van der Waals surface area contributed by atoms with Crippen LogP contribution in [0.15, 0.2) is 12.1 Å². The number of amides is 1. The van der Waals surface area contributed by atoms with Gasteiger partial charge >= 0.3 is 0 Å². The van der Waals surface area contributed by atoms with Crippen LogP contribution in [0.3, 0.4) is 0 Å².